The second kappa shape index (κ2) is 12.3. The fourth-order valence-electron chi connectivity index (χ4n) is 5.71. The lowest BCUT2D eigenvalue weighted by atomic mass is 10.1. The van der Waals surface area contributed by atoms with E-state index < -0.39 is 11.0 Å². The van der Waals surface area contributed by atoms with Crippen LogP contribution < -0.4 is 5.32 Å². The van der Waals surface area contributed by atoms with Crippen LogP contribution in [0.2, 0.25) is 0 Å². The van der Waals surface area contributed by atoms with Gasteiger partial charge < -0.3 is 19.9 Å². The molecule has 204 valence electrons. The highest BCUT2D eigenvalue weighted by Crippen LogP contribution is 2.30. The van der Waals surface area contributed by atoms with Crippen molar-refractivity contribution in [2.45, 2.75) is 50.4 Å². The summed E-state index contributed by atoms with van der Waals surface area (Å²) in [4.78, 5) is 44.8. The third-order valence-corrected chi connectivity index (χ3v) is 8.58. The Labute approximate surface area is 226 Å². The molecule has 38 heavy (non-hydrogen) atoms. The minimum absolute atomic E-state index is 0.0218. The van der Waals surface area contributed by atoms with Crippen molar-refractivity contribution in [2.75, 3.05) is 45.9 Å². The average molecular weight is 542 g/mol. The summed E-state index contributed by atoms with van der Waals surface area (Å²) < 4.78 is 5.96. The van der Waals surface area contributed by atoms with Crippen LogP contribution in [0.3, 0.4) is 0 Å². The van der Waals surface area contributed by atoms with Crippen LogP contribution >= 0.6 is 11.3 Å². The zero-order chi connectivity index (χ0) is 26.5. The third kappa shape index (κ3) is 6.23. The van der Waals surface area contributed by atoms with Crippen LogP contribution in [0, 0.1) is 10.1 Å². The maximum Gasteiger partial charge on any atom is 0.269 e. The van der Waals surface area contributed by atoms with E-state index in [0.717, 1.165) is 44.5 Å². The molecule has 0 saturated carbocycles. The largest absolute Gasteiger partial charge is 0.377 e. The number of thiophene rings is 1. The number of hydrogen-bond donors (Lipinski definition) is 1. The van der Waals surface area contributed by atoms with Crippen molar-refractivity contribution in [3.8, 4) is 0 Å². The molecule has 0 spiro atoms. The first-order chi connectivity index (χ1) is 18.5. The molecule has 5 rings (SSSR count). The lowest BCUT2D eigenvalue weighted by molar-refractivity contribution is -0.384. The van der Waals surface area contributed by atoms with Crippen molar-refractivity contribution >= 4 is 28.8 Å². The molecule has 1 aromatic carbocycles. The number of rotatable bonds is 8. The smallest absolute Gasteiger partial charge is 0.269 e. The first kappa shape index (κ1) is 26.7. The Balaban J connectivity index is 1.39. The van der Waals surface area contributed by atoms with Gasteiger partial charge in [0.1, 0.15) is 6.04 Å². The van der Waals surface area contributed by atoms with Gasteiger partial charge in [0.05, 0.1) is 15.9 Å². The molecule has 3 aliphatic heterocycles. The topological polar surface area (TPSA) is 108 Å². The Morgan fingerprint density at radius 2 is 2.00 bits per heavy atom. The number of likely N-dealkylation sites (tertiary alicyclic amines) is 1. The molecule has 1 N–H and O–H groups in total. The van der Waals surface area contributed by atoms with Crippen LogP contribution in [0.25, 0.3) is 0 Å². The average Bonchev–Trinajstić information content (AvgIpc) is 3.68. The van der Waals surface area contributed by atoms with Gasteiger partial charge in [0.2, 0.25) is 5.91 Å². The molecule has 3 unspecified atom stereocenters. The van der Waals surface area contributed by atoms with E-state index in [2.05, 4.69) is 10.2 Å². The zero-order valence-corrected chi connectivity index (χ0v) is 22.3. The van der Waals surface area contributed by atoms with E-state index in [-0.39, 0.29) is 29.6 Å². The molecule has 3 saturated heterocycles. The number of non-ortho nitro benzene ring substituents is 1. The molecule has 11 heteroatoms. The van der Waals surface area contributed by atoms with Gasteiger partial charge in [-0.25, -0.2) is 0 Å². The van der Waals surface area contributed by atoms with Crippen LogP contribution in [0.4, 0.5) is 5.69 Å². The number of nitrogens with zero attached hydrogens (tertiary/aromatic N) is 4. The lowest BCUT2D eigenvalue weighted by Gasteiger charge is -2.31. The molecule has 0 aliphatic carbocycles. The normalized spacial score (nSPS) is 24.1. The highest BCUT2D eigenvalue weighted by molar-refractivity contribution is 7.12. The van der Waals surface area contributed by atoms with Gasteiger partial charge in [-0.05, 0) is 49.2 Å². The minimum Gasteiger partial charge on any atom is -0.377 e. The Morgan fingerprint density at radius 1 is 1.16 bits per heavy atom. The molecule has 1 aromatic heterocycles. The molecular formula is C27H35N5O5S. The minimum atomic E-state index is -0.517. The number of ether oxygens (including phenoxy) is 1. The fraction of sp³-hybridized carbons (Fsp3) is 0.556. The summed E-state index contributed by atoms with van der Waals surface area (Å²) >= 11 is 1.40. The summed E-state index contributed by atoms with van der Waals surface area (Å²) in [5, 5.41) is 16.4. The van der Waals surface area contributed by atoms with E-state index in [4.69, 9.17) is 4.74 Å². The number of carbonyl (C=O) groups excluding carboxylic acids is 2. The molecule has 2 aromatic rings. The Kier molecular flexibility index (Phi) is 8.68. The van der Waals surface area contributed by atoms with E-state index in [0.29, 0.717) is 44.0 Å². The number of benzene rings is 1. The Morgan fingerprint density at radius 3 is 2.71 bits per heavy atom. The quantitative estimate of drug-likeness (QED) is 0.404. The standard InChI is InChI=1S/C27H35N5O5S/c33-26(29-12-3-10-28-11-13-29)24-16-22(18-31(24)27(34)25-5-2-15-38-25)30(19-23-4-1-14-37-23)17-20-6-8-21(9-7-20)32(35)36/h2,5-9,15,22-24,28H,1,3-4,10-14,16-19H2. The van der Waals surface area contributed by atoms with Crippen LogP contribution in [0.1, 0.15) is 40.9 Å². The van der Waals surface area contributed by atoms with Gasteiger partial charge in [0, 0.05) is 64.0 Å². The van der Waals surface area contributed by atoms with Crippen LogP contribution in [0.15, 0.2) is 41.8 Å². The summed E-state index contributed by atoms with van der Waals surface area (Å²) in [6.45, 7) is 5.44. The zero-order valence-electron chi connectivity index (χ0n) is 21.5. The summed E-state index contributed by atoms with van der Waals surface area (Å²) in [7, 11) is 0. The van der Waals surface area contributed by atoms with Gasteiger partial charge in [-0.1, -0.05) is 18.2 Å². The highest BCUT2D eigenvalue weighted by atomic mass is 32.1. The number of amides is 2. The van der Waals surface area contributed by atoms with Gasteiger partial charge in [-0.15, -0.1) is 11.3 Å². The number of carbonyl (C=O) groups is 2. The Bertz CT molecular complexity index is 1100. The molecular weight excluding hydrogens is 506 g/mol. The summed E-state index contributed by atoms with van der Waals surface area (Å²) in [5.74, 6) is -0.0743. The predicted octanol–water partition coefficient (Wildman–Crippen LogP) is 2.74. The van der Waals surface area contributed by atoms with Gasteiger partial charge >= 0.3 is 0 Å². The van der Waals surface area contributed by atoms with E-state index in [1.807, 2.05) is 22.4 Å². The summed E-state index contributed by atoms with van der Waals surface area (Å²) in [5.41, 5.74) is 1.02. The van der Waals surface area contributed by atoms with Crippen molar-refractivity contribution < 1.29 is 19.2 Å². The first-order valence-corrected chi connectivity index (χ1v) is 14.3. The number of nitro benzene ring substituents is 1. The highest BCUT2D eigenvalue weighted by Gasteiger charge is 2.44. The fourth-order valence-corrected chi connectivity index (χ4v) is 6.38. The van der Waals surface area contributed by atoms with Crippen molar-refractivity contribution in [1.29, 1.82) is 0 Å². The molecule has 3 atom stereocenters. The monoisotopic (exact) mass is 541 g/mol. The molecule has 10 nitrogen and oxygen atoms in total. The number of nitro groups is 1. The van der Waals surface area contributed by atoms with Gasteiger partial charge in [0.25, 0.3) is 11.6 Å². The van der Waals surface area contributed by atoms with Gasteiger partial charge in [-0.2, -0.15) is 0 Å². The molecule has 0 bridgehead atoms. The summed E-state index contributed by atoms with van der Waals surface area (Å²) in [6, 6.07) is 9.77. The van der Waals surface area contributed by atoms with Crippen LogP contribution in [-0.4, -0.2) is 95.5 Å². The Hall–Kier alpha value is -2.86. The van der Waals surface area contributed by atoms with Crippen LogP contribution in [0.5, 0.6) is 0 Å². The molecule has 0 radical (unpaired) electrons. The lowest BCUT2D eigenvalue weighted by Crippen LogP contribution is -2.48. The molecule has 3 aliphatic rings. The molecule has 3 fully saturated rings. The summed E-state index contributed by atoms with van der Waals surface area (Å²) in [6.07, 6.45) is 3.55. The van der Waals surface area contributed by atoms with E-state index in [1.54, 1.807) is 17.0 Å². The number of hydrogen-bond acceptors (Lipinski definition) is 8. The SMILES string of the molecule is O=C(C1CC(N(Cc2ccc([N+](=O)[O-])cc2)CC2CCCO2)CN1C(=O)c1cccs1)N1CCCNCC1. The second-order valence-corrected chi connectivity index (χ2v) is 11.2. The third-order valence-electron chi connectivity index (χ3n) is 7.72. The maximum atomic E-state index is 13.8. The molecule has 2 amide bonds. The molecule has 4 heterocycles. The van der Waals surface area contributed by atoms with Crippen molar-refractivity contribution in [3.63, 3.8) is 0 Å². The predicted molar refractivity (Wildman–Crippen MR) is 144 cm³/mol. The second-order valence-electron chi connectivity index (χ2n) is 10.3. The van der Waals surface area contributed by atoms with Crippen molar-refractivity contribution in [2.24, 2.45) is 0 Å². The van der Waals surface area contributed by atoms with Crippen molar-refractivity contribution in [3.05, 3.63) is 62.3 Å². The van der Waals surface area contributed by atoms with Gasteiger partial charge in [0.15, 0.2) is 0 Å². The maximum absolute atomic E-state index is 13.8. The van der Waals surface area contributed by atoms with Crippen LogP contribution in [-0.2, 0) is 16.1 Å². The van der Waals surface area contributed by atoms with E-state index >= 15 is 0 Å². The van der Waals surface area contributed by atoms with E-state index in [1.165, 1.54) is 23.5 Å². The first-order valence-electron chi connectivity index (χ1n) is 13.4. The van der Waals surface area contributed by atoms with Crippen molar-refractivity contribution in [1.82, 2.24) is 20.0 Å². The van der Waals surface area contributed by atoms with E-state index in [9.17, 15) is 19.7 Å². The van der Waals surface area contributed by atoms with Gasteiger partial charge in [-0.3, -0.25) is 24.6 Å². The number of nitrogens with one attached hydrogen (secondary N) is 1.